The molecule has 0 amide bonds. The van der Waals surface area contributed by atoms with Crippen LogP contribution >= 0.6 is 0 Å². The largest absolute Gasteiger partial charge is 0.497 e. The summed E-state index contributed by atoms with van der Waals surface area (Å²) in [4.78, 5) is 0. The van der Waals surface area contributed by atoms with Gasteiger partial charge in [0.2, 0.25) is 0 Å². The molecule has 0 aliphatic rings. The van der Waals surface area contributed by atoms with E-state index in [1.165, 1.54) is 5.56 Å². The van der Waals surface area contributed by atoms with Crippen molar-refractivity contribution in [1.29, 1.82) is 5.26 Å². The number of ether oxygens (including phenoxy) is 2. The van der Waals surface area contributed by atoms with Gasteiger partial charge in [0.1, 0.15) is 17.6 Å². The Morgan fingerprint density at radius 1 is 1.05 bits per heavy atom. The number of rotatable bonds is 6. The van der Waals surface area contributed by atoms with Crippen LogP contribution in [0.3, 0.4) is 0 Å². The van der Waals surface area contributed by atoms with E-state index in [4.69, 9.17) is 14.7 Å². The number of hydrogen-bond acceptors (Lipinski definition) is 4. The van der Waals surface area contributed by atoms with Crippen LogP contribution in [0.1, 0.15) is 11.1 Å². The smallest absolute Gasteiger partial charge is 0.121 e. The van der Waals surface area contributed by atoms with E-state index in [0.29, 0.717) is 5.56 Å². The van der Waals surface area contributed by atoms with Gasteiger partial charge in [0.15, 0.2) is 0 Å². The SMILES string of the molecule is COc1cccc(CCNc2cc(OC)ccc2C#N)c1. The molecule has 0 aromatic heterocycles. The topological polar surface area (TPSA) is 54.3 Å². The van der Waals surface area contributed by atoms with Gasteiger partial charge in [-0.1, -0.05) is 12.1 Å². The molecule has 21 heavy (non-hydrogen) atoms. The Morgan fingerprint density at radius 3 is 2.52 bits per heavy atom. The maximum atomic E-state index is 9.12. The Bertz CT molecular complexity index is 647. The zero-order valence-electron chi connectivity index (χ0n) is 12.2. The fourth-order valence-electron chi connectivity index (χ4n) is 2.06. The molecule has 0 radical (unpaired) electrons. The molecule has 0 saturated carbocycles. The number of nitriles is 1. The van der Waals surface area contributed by atoms with Crippen LogP contribution in [0.5, 0.6) is 11.5 Å². The van der Waals surface area contributed by atoms with Gasteiger partial charge in [-0.3, -0.25) is 0 Å². The van der Waals surface area contributed by atoms with Gasteiger partial charge in [0.25, 0.3) is 0 Å². The highest BCUT2D eigenvalue weighted by Gasteiger charge is 2.04. The third-order valence-corrected chi connectivity index (χ3v) is 3.21. The van der Waals surface area contributed by atoms with Gasteiger partial charge in [-0.25, -0.2) is 0 Å². The maximum Gasteiger partial charge on any atom is 0.121 e. The molecule has 2 aromatic rings. The number of methoxy groups -OCH3 is 2. The average Bonchev–Trinajstić information content (AvgIpc) is 2.55. The van der Waals surface area contributed by atoms with E-state index in [1.807, 2.05) is 24.3 Å². The van der Waals surface area contributed by atoms with E-state index >= 15 is 0 Å². The summed E-state index contributed by atoms with van der Waals surface area (Å²) in [7, 11) is 3.27. The molecule has 4 nitrogen and oxygen atoms in total. The highest BCUT2D eigenvalue weighted by molar-refractivity contribution is 5.60. The third-order valence-electron chi connectivity index (χ3n) is 3.21. The van der Waals surface area contributed by atoms with Crippen LogP contribution in [0.25, 0.3) is 0 Å². The molecule has 0 unspecified atom stereocenters. The monoisotopic (exact) mass is 282 g/mol. The summed E-state index contributed by atoms with van der Waals surface area (Å²) < 4.78 is 10.4. The van der Waals surface area contributed by atoms with Gasteiger partial charge in [-0.15, -0.1) is 0 Å². The normalized spacial score (nSPS) is 9.76. The van der Waals surface area contributed by atoms with Crippen molar-refractivity contribution in [2.75, 3.05) is 26.1 Å². The standard InChI is InChI=1S/C17H18N2O2/c1-20-15-5-3-4-13(10-15)8-9-19-17-11-16(21-2)7-6-14(17)12-18/h3-7,10-11,19H,8-9H2,1-2H3. The lowest BCUT2D eigenvalue weighted by Gasteiger charge is -2.10. The molecule has 0 bridgehead atoms. The van der Waals surface area contributed by atoms with Crippen LogP contribution in [0.4, 0.5) is 5.69 Å². The minimum atomic E-state index is 0.612. The molecule has 0 spiro atoms. The molecule has 0 atom stereocenters. The van der Waals surface area contributed by atoms with Gasteiger partial charge in [-0.2, -0.15) is 5.26 Å². The Kier molecular flexibility index (Phi) is 5.05. The first-order chi connectivity index (χ1) is 10.3. The lowest BCUT2D eigenvalue weighted by atomic mass is 10.1. The van der Waals surface area contributed by atoms with Crippen molar-refractivity contribution in [3.63, 3.8) is 0 Å². The fourth-order valence-corrected chi connectivity index (χ4v) is 2.06. The Balaban J connectivity index is 2.01. The van der Waals surface area contributed by atoms with Crippen molar-refractivity contribution in [3.05, 3.63) is 53.6 Å². The van der Waals surface area contributed by atoms with Gasteiger partial charge >= 0.3 is 0 Å². The highest BCUT2D eigenvalue weighted by Crippen LogP contribution is 2.22. The minimum absolute atomic E-state index is 0.612. The molecule has 0 fully saturated rings. The van der Waals surface area contributed by atoms with Crippen LogP contribution < -0.4 is 14.8 Å². The molecule has 4 heteroatoms. The summed E-state index contributed by atoms with van der Waals surface area (Å²) in [6.07, 6.45) is 0.847. The Morgan fingerprint density at radius 2 is 1.81 bits per heavy atom. The van der Waals surface area contributed by atoms with Crippen LogP contribution in [-0.2, 0) is 6.42 Å². The molecule has 108 valence electrons. The van der Waals surface area contributed by atoms with Crippen molar-refractivity contribution in [3.8, 4) is 17.6 Å². The second-order valence-corrected chi connectivity index (χ2v) is 4.55. The lowest BCUT2D eigenvalue weighted by Crippen LogP contribution is -2.06. The van der Waals surface area contributed by atoms with Crippen molar-refractivity contribution in [2.45, 2.75) is 6.42 Å². The number of hydrogen-bond donors (Lipinski definition) is 1. The average molecular weight is 282 g/mol. The highest BCUT2D eigenvalue weighted by atomic mass is 16.5. The molecule has 0 saturated heterocycles. The molecular weight excluding hydrogens is 264 g/mol. The molecule has 2 aromatic carbocycles. The summed E-state index contributed by atoms with van der Waals surface area (Å²) in [6.45, 7) is 0.731. The first-order valence-electron chi connectivity index (χ1n) is 6.71. The van der Waals surface area contributed by atoms with E-state index in [0.717, 1.165) is 30.2 Å². The van der Waals surface area contributed by atoms with Gasteiger partial charge in [-0.05, 0) is 36.2 Å². The summed E-state index contributed by atoms with van der Waals surface area (Å²) in [6, 6.07) is 15.5. The summed E-state index contributed by atoms with van der Waals surface area (Å²) in [5.74, 6) is 1.59. The van der Waals surface area contributed by atoms with E-state index in [9.17, 15) is 0 Å². The van der Waals surface area contributed by atoms with Gasteiger partial charge in [0.05, 0.1) is 25.5 Å². The third kappa shape index (κ3) is 3.90. The quantitative estimate of drug-likeness (QED) is 0.883. The fraction of sp³-hybridized carbons (Fsp3) is 0.235. The second-order valence-electron chi connectivity index (χ2n) is 4.55. The first kappa shape index (κ1) is 14.7. The molecule has 0 aliphatic heterocycles. The molecule has 0 aliphatic carbocycles. The molecule has 0 heterocycles. The van der Waals surface area contributed by atoms with E-state index < -0.39 is 0 Å². The van der Waals surface area contributed by atoms with Crippen molar-refractivity contribution >= 4 is 5.69 Å². The summed E-state index contributed by atoms with van der Waals surface area (Å²) in [5, 5.41) is 12.4. The summed E-state index contributed by atoms with van der Waals surface area (Å²) in [5.41, 5.74) is 2.59. The maximum absolute atomic E-state index is 9.12. The second kappa shape index (κ2) is 7.20. The summed E-state index contributed by atoms with van der Waals surface area (Å²) >= 11 is 0. The van der Waals surface area contributed by atoms with Crippen molar-refractivity contribution in [1.82, 2.24) is 0 Å². The first-order valence-corrected chi connectivity index (χ1v) is 6.71. The van der Waals surface area contributed by atoms with E-state index in [-0.39, 0.29) is 0 Å². The van der Waals surface area contributed by atoms with Crippen LogP contribution in [0.2, 0.25) is 0 Å². The van der Waals surface area contributed by atoms with Crippen molar-refractivity contribution < 1.29 is 9.47 Å². The molecule has 2 rings (SSSR count). The number of nitrogens with zero attached hydrogens (tertiary/aromatic N) is 1. The number of benzene rings is 2. The predicted molar refractivity (Wildman–Crippen MR) is 82.9 cm³/mol. The van der Waals surface area contributed by atoms with Gasteiger partial charge < -0.3 is 14.8 Å². The lowest BCUT2D eigenvalue weighted by molar-refractivity contribution is 0.414. The van der Waals surface area contributed by atoms with Gasteiger partial charge in [0, 0.05) is 12.6 Å². The zero-order valence-corrected chi connectivity index (χ0v) is 12.2. The molecule has 1 N–H and O–H groups in total. The van der Waals surface area contributed by atoms with Crippen LogP contribution in [0.15, 0.2) is 42.5 Å². The van der Waals surface area contributed by atoms with Crippen LogP contribution in [0, 0.1) is 11.3 Å². The van der Waals surface area contributed by atoms with Crippen molar-refractivity contribution in [2.24, 2.45) is 0 Å². The van der Waals surface area contributed by atoms with E-state index in [2.05, 4.69) is 17.5 Å². The van der Waals surface area contributed by atoms with Crippen LogP contribution in [-0.4, -0.2) is 20.8 Å². The Labute approximate surface area is 124 Å². The predicted octanol–water partition coefficient (Wildman–Crippen LogP) is 3.23. The molecular formula is C17H18N2O2. The van der Waals surface area contributed by atoms with E-state index in [1.54, 1.807) is 26.4 Å². The zero-order chi connectivity index (χ0) is 15.1. The minimum Gasteiger partial charge on any atom is -0.497 e. The number of nitrogens with one attached hydrogen (secondary N) is 1. The number of anilines is 1. The Hall–Kier alpha value is -2.67.